The molecule has 0 atom stereocenters. The number of hydrogen-bond acceptors (Lipinski definition) is 10. The van der Waals surface area contributed by atoms with Crippen LogP contribution in [0.15, 0.2) is 82.5 Å². The van der Waals surface area contributed by atoms with Crippen molar-refractivity contribution in [3.05, 3.63) is 88.7 Å². The summed E-state index contributed by atoms with van der Waals surface area (Å²) in [5.41, 5.74) is 0.151. The predicted octanol–water partition coefficient (Wildman–Crippen LogP) is 7.84. The molecule has 0 heterocycles. The summed E-state index contributed by atoms with van der Waals surface area (Å²) in [6.07, 6.45) is -1.00. The van der Waals surface area contributed by atoms with Gasteiger partial charge in [0.15, 0.2) is 0 Å². The first-order chi connectivity index (χ1) is 24.8. The van der Waals surface area contributed by atoms with Gasteiger partial charge < -0.3 is 13.6 Å². The number of sulfonamides is 3. The van der Waals surface area contributed by atoms with Gasteiger partial charge in [0.05, 0.1) is 0 Å². The molecular weight excluding hydrogens is 783 g/mol. The number of nitrogens with zero attached hydrogens (tertiary/aromatic N) is 3. The fraction of sp³-hybridized carbons (Fsp3) is 0.364. The van der Waals surface area contributed by atoms with E-state index in [0.29, 0.717) is 0 Å². The molecule has 0 unspecified atom stereocenters. The van der Waals surface area contributed by atoms with Crippen LogP contribution in [0.25, 0.3) is 0 Å². The number of rotatable bonds is 15. The first kappa shape index (κ1) is 43.3. The quantitative estimate of drug-likeness (QED) is 0.0831. The Morgan fingerprint density at radius 2 is 0.755 bits per heavy atom. The van der Waals surface area contributed by atoms with Gasteiger partial charge in [-0.25, -0.2) is 13.2 Å². The molecule has 0 N–H and O–H groups in total. The van der Waals surface area contributed by atoms with Gasteiger partial charge in [-0.15, -0.1) is 13.2 Å². The van der Waals surface area contributed by atoms with Crippen LogP contribution in [0, 0.1) is 17.5 Å². The molecule has 0 saturated heterocycles. The van der Waals surface area contributed by atoms with Gasteiger partial charge in [0.2, 0.25) is 17.7 Å². The zero-order chi connectivity index (χ0) is 39.8. The first-order valence-corrected chi connectivity index (χ1v) is 22.1. The van der Waals surface area contributed by atoms with Crippen LogP contribution in [0.4, 0.5) is 13.2 Å². The molecule has 0 aliphatic heterocycles. The van der Waals surface area contributed by atoms with Gasteiger partial charge >= 0.3 is 7.82 Å². The number of hydrogen-bond donors (Lipinski definition) is 0. The highest BCUT2D eigenvalue weighted by Crippen LogP contribution is 2.52. The van der Waals surface area contributed by atoms with Gasteiger partial charge in [0.25, 0.3) is 30.1 Å². The van der Waals surface area contributed by atoms with E-state index in [-0.39, 0.29) is 36.0 Å². The van der Waals surface area contributed by atoms with Crippen molar-refractivity contribution in [2.45, 2.75) is 94.8 Å². The average molecular weight is 822 g/mol. The highest BCUT2D eigenvalue weighted by Gasteiger charge is 2.39. The number of phosphoric ester groups is 1. The minimum atomic E-state index is -5.52. The van der Waals surface area contributed by atoms with E-state index in [0.717, 1.165) is 18.2 Å². The van der Waals surface area contributed by atoms with Crippen molar-refractivity contribution in [2.24, 2.45) is 13.2 Å². The monoisotopic (exact) mass is 821 g/mol. The molecule has 0 aromatic heterocycles. The lowest BCUT2D eigenvalue weighted by atomic mass is 10.2. The molecule has 0 spiro atoms. The molecule has 20 heteroatoms. The summed E-state index contributed by atoms with van der Waals surface area (Å²) in [4.78, 5) is -2.54. The maximum atomic E-state index is 15.1. The van der Waals surface area contributed by atoms with E-state index in [1.165, 1.54) is 57.2 Å². The first-order valence-electron chi connectivity index (χ1n) is 16.3. The van der Waals surface area contributed by atoms with Crippen molar-refractivity contribution >= 4 is 55.6 Å². The van der Waals surface area contributed by atoms with Crippen LogP contribution in [-0.2, 0) is 67.5 Å². The summed E-state index contributed by atoms with van der Waals surface area (Å²) < 4.78 is 165. The Morgan fingerprint density at radius 3 is 0.962 bits per heavy atom. The molecule has 290 valence electrons. The summed E-state index contributed by atoms with van der Waals surface area (Å²) in [5, 5.41) is 0. The SMILES string of the molecule is CC/C(=N\S(=O)(=O)c1cccc(CC)c1F)OP(=O)(O/C(CC)=N/S(=O)(=O)c1cccc(CC)c1F)O/C(CC)=N/S(=O)(=O)c1cccc(CC)c1F. The third-order valence-corrected chi connectivity index (χ3v) is 12.6. The van der Waals surface area contributed by atoms with E-state index in [1.807, 2.05) is 0 Å². The van der Waals surface area contributed by atoms with Crippen LogP contribution < -0.4 is 0 Å². The standard InChI is InChI=1S/C33H39F3N3O10PS3/c1-7-22-16-13-19-25(31(22)34)51(41,42)37-28(10-4)47-50(40,48-29(11-5)38-52(43,44)26-20-14-17-23(8-2)32(26)35)49-30(12-6)39-53(45,46)27-21-15-18-24(9-3)33(27)36/h13-21H,7-12H2,1-6H3/b37-28+,38-29+,39-30+. The van der Waals surface area contributed by atoms with E-state index in [2.05, 4.69) is 13.2 Å². The Balaban J connectivity index is 2.21. The van der Waals surface area contributed by atoms with Crippen LogP contribution in [-0.4, -0.2) is 42.9 Å². The Labute approximate surface area is 307 Å². The van der Waals surface area contributed by atoms with Gasteiger partial charge in [-0.2, -0.15) is 29.8 Å². The smallest absolute Gasteiger partial charge is 0.371 e. The van der Waals surface area contributed by atoms with Crippen molar-refractivity contribution in [1.29, 1.82) is 0 Å². The van der Waals surface area contributed by atoms with Crippen molar-refractivity contribution < 1.29 is 56.6 Å². The minimum Gasteiger partial charge on any atom is -0.371 e. The normalized spacial score (nSPS) is 13.6. The molecule has 0 fully saturated rings. The Bertz CT molecular complexity index is 2060. The lowest BCUT2D eigenvalue weighted by molar-refractivity contribution is 0.279. The second kappa shape index (κ2) is 17.8. The van der Waals surface area contributed by atoms with Crippen LogP contribution in [0.2, 0.25) is 0 Å². The molecule has 0 aliphatic carbocycles. The summed E-state index contributed by atoms with van der Waals surface area (Å²) in [6.45, 7) is 8.66. The molecule has 3 aromatic rings. The molecule has 53 heavy (non-hydrogen) atoms. The van der Waals surface area contributed by atoms with E-state index >= 15 is 13.2 Å². The summed E-state index contributed by atoms with van der Waals surface area (Å²) in [7, 11) is -20.2. The topological polar surface area (TPSA) is 184 Å². The second-order valence-corrected chi connectivity index (χ2v) is 17.1. The van der Waals surface area contributed by atoms with Crippen LogP contribution >= 0.6 is 7.82 Å². The van der Waals surface area contributed by atoms with Gasteiger partial charge in [0.1, 0.15) is 32.1 Å². The van der Waals surface area contributed by atoms with Crippen molar-refractivity contribution in [3.8, 4) is 0 Å². The van der Waals surface area contributed by atoms with Crippen LogP contribution in [0.3, 0.4) is 0 Å². The molecular formula is C33H39F3N3O10PS3. The second-order valence-electron chi connectivity index (χ2n) is 10.9. The van der Waals surface area contributed by atoms with Gasteiger partial charge in [-0.05, 0) is 54.2 Å². The summed E-state index contributed by atoms with van der Waals surface area (Å²) in [6, 6.07) is 10.7. The third-order valence-electron chi connectivity index (χ3n) is 7.33. The fourth-order valence-corrected chi connectivity index (χ4v) is 9.50. The number of phosphoric acid groups is 1. The Morgan fingerprint density at radius 1 is 0.509 bits per heavy atom. The van der Waals surface area contributed by atoms with Crippen LogP contribution in [0.5, 0.6) is 0 Å². The number of aryl methyl sites for hydroxylation is 3. The van der Waals surface area contributed by atoms with Gasteiger partial charge in [-0.1, -0.05) is 77.9 Å². The average Bonchev–Trinajstić information content (AvgIpc) is 3.10. The Kier molecular flexibility index (Phi) is 14.6. The summed E-state index contributed by atoms with van der Waals surface area (Å²) >= 11 is 0. The highest BCUT2D eigenvalue weighted by molar-refractivity contribution is 7.91. The van der Waals surface area contributed by atoms with Crippen molar-refractivity contribution in [2.75, 3.05) is 0 Å². The molecule has 3 rings (SSSR count). The lowest BCUT2D eigenvalue weighted by Crippen LogP contribution is -2.17. The summed E-state index contributed by atoms with van der Waals surface area (Å²) in [5.74, 6) is -6.02. The van der Waals surface area contributed by atoms with E-state index in [9.17, 15) is 29.8 Å². The number of benzene rings is 3. The molecule has 3 aromatic carbocycles. The van der Waals surface area contributed by atoms with E-state index in [1.54, 1.807) is 20.8 Å². The minimum absolute atomic E-state index is 0.0504. The molecule has 0 amide bonds. The molecule has 0 saturated carbocycles. The van der Waals surface area contributed by atoms with E-state index in [4.69, 9.17) is 13.6 Å². The fourth-order valence-electron chi connectivity index (χ4n) is 4.52. The molecule has 0 aliphatic rings. The van der Waals surface area contributed by atoms with Crippen molar-refractivity contribution in [3.63, 3.8) is 0 Å². The van der Waals surface area contributed by atoms with Crippen LogP contribution in [0.1, 0.15) is 77.5 Å². The van der Waals surface area contributed by atoms with Gasteiger partial charge in [-0.3, -0.25) is 0 Å². The van der Waals surface area contributed by atoms with E-state index < -0.39 is 107 Å². The zero-order valence-electron chi connectivity index (χ0n) is 29.7. The third kappa shape index (κ3) is 10.5. The molecule has 0 radical (unpaired) electrons. The lowest BCUT2D eigenvalue weighted by Gasteiger charge is -2.20. The largest absolute Gasteiger partial charge is 0.650 e. The molecule has 0 bridgehead atoms. The maximum absolute atomic E-state index is 15.1. The predicted molar refractivity (Wildman–Crippen MR) is 193 cm³/mol. The van der Waals surface area contributed by atoms with Gasteiger partial charge in [0, 0.05) is 19.3 Å². The molecule has 13 nitrogen and oxygen atoms in total. The Hall–Kier alpha value is -4.06. The zero-order valence-corrected chi connectivity index (χ0v) is 33.0. The van der Waals surface area contributed by atoms with Crippen molar-refractivity contribution in [1.82, 2.24) is 0 Å². The highest BCUT2D eigenvalue weighted by atomic mass is 32.2. The number of halogens is 3. The maximum Gasteiger partial charge on any atom is 0.650 e.